The Bertz CT molecular complexity index is 521. The van der Waals surface area contributed by atoms with Crippen molar-refractivity contribution in [2.75, 3.05) is 0 Å². The van der Waals surface area contributed by atoms with Gasteiger partial charge in [0.25, 0.3) is 0 Å². The molecule has 0 fully saturated rings. The summed E-state index contributed by atoms with van der Waals surface area (Å²) in [6.45, 7) is 7.56. The van der Waals surface area contributed by atoms with Gasteiger partial charge in [0.2, 0.25) is 0 Å². The fourth-order valence-corrected chi connectivity index (χ4v) is 1.77. The van der Waals surface area contributed by atoms with Crippen molar-refractivity contribution in [2.24, 2.45) is 7.05 Å². The van der Waals surface area contributed by atoms with E-state index < -0.39 is 0 Å². The van der Waals surface area contributed by atoms with E-state index in [1.54, 1.807) is 12.2 Å². The Morgan fingerprint density at radius 2 is 1.81 bits per heavy atom. The third kappa shape index (κ3) is 1.58. The van der Waals surface area contributed by atoms with Gasteiger partial charge in [-0.1, -0.05) is 43.5 Å². The molecule has 1 aromatic heterocycles. The van der Waals surface area contributed by atoms with Gasteiger partial charge in [-0.25, -0.2) is 4.98 Å². The van der Waals surface area contributed by atoms with E-state index in [0.29, 0.717) is 0 Å². The van der Waals surface area contributed by atoms with Crippen molar-refractivity contribution in [3.05, 3.63) is 54.9 Å². The summed E-state index contributed by atoms with van der Waals surface area (Å²) in [5.74, 6) is 0.936. The monoisotopic (exact) mass is 210 g/mol. The van der Waals surface area contributed by atoms with Crippen LogP contribution in [0.4, 0.5) is 0 Å². The second-order valence-corrected chi connectivity index (χ2v) is 3.54. The topological polar surface area (TPSA) is 17.8 Å². The van der Waals surface area contributed by atoms with Crippen LogP contribution in [0.5, 0.6) is 0 Å². The Hall–Kier alpha value is -2.09. The van der Waals surface area contributed by atoms with Gasteiger partial charge >= 0.3 is 0 Å². The minimum atomic E-state index is 0.872. The molecule has 0 aliphatic heterocycles. The molecular weight excluding hydrogens is 196 g/mol. The largest absolute Gasteiger partial charge is 0.327 e. The molecule has 0 saturated heterocycles. The summed E-state index contributed by atoms with van der Waals surface area (Å²) in [5, 5.41) is 0. The lowest BCUT2D eigenvalue weighted by Crippen LogP contribution is -1.94. The molecule has 0 unspecified atom stereocenters. The highest BCUT2D eigenvalue weighted by atomic mass is 15.1. The molecule has 16 heavy (non-hydrogen) atoms. The molecule has 2 heteroatoms. The third-order valence-corrected chi connectivity index (χ3v) is 2.59. The summed E-state index contributed by atoms with van der Waals surface area (Å²) in [4.78, 5) is 4.54. The molecule has 0 N–H and O–H groups in total. The van der Waals surface area contributed by atoms with E-state index in [9.17, 15) is 0 Å². The van der Waals surface area contributed by atoms with Gasteiger partial charge in [-0.15, -0.1) is 0 Å². The molecule has 0 spiro atoms. The summed E-state index contributed by atoms with van der Waals surface area (Å²) in [7, 11) is 1.99. The smallest absolute Gasteiger partial charge is 0.140 e. The second-order valence-electron chi connectivity index (χ2n) is 3.54. The average Bonchev–Trinajstić information content (AvgIpc) is 2.66. The molecule has 0 aliphatic carbocycles. The van der Waals surface area contributed by atoms with Crippen molar-refractivity contribution in [1.29, 1.82) is 0 Å². The normalized spacial score (nSPS) is 10.1. The third-order valence-electron chi connectivity index (χ3n) is 2.59. The highest BCUT2D eigenvalue weighted by Crippen LogP contribution is 2.22. The predicted molar refractivity (Wildman–Crippen MR) is 68.8 cm³/mol. The Kier molecular flexibility index (Phi) is 2.73. The lowest BCUT2D eigenvalue weighted by molar-refractivity contribution is 0.913. The van der Waals surface area contributed by atoms with Crippen LogP contribution in [0, 0.1) is 0 Å². The zero-order valence-corrected chi connectivity index (χ0v) is 9.35. The standard InChI is InChI=1S/C14H14N2/c1-4-12-13(5-2)16(3)14(15-12)11-9-7-6-8-10-11/h4-10H,1-2H2,3H3. The number of rotatable bonds is 3. The van der Waals surface area contributed by atoms with Crippen LogP contribution in [0.15, 0.2) is 43.5 Å². The van der Waals surface area contributed by atoms with Crippen LogP contribution in [0.1, 0.15) is 11.4 Å². The Balaban J connectivity index is 2.63. The number of hydrogen-bond donors (Lipinski definition) is 0. The van der Waals surface area contributed by atoms with Gasteiger partial charge in [0.15, 0.2) is 0 Å². The van der Waals surface area contributed by atoms with Crippen LogP contribution in [0.2, 0.25) is 0 Å². The molecular formula is C14H14N2. The Labute approximate surface area is 95.6 Å². The van der Waals surface area contributed by atoms with Crippen molar-refractivity contribution in [1.82, 2.24) is 9.55 Å². The summed E-state index contributed by atoms with van der Waals surface area (Å²) < 4.78 is 2.03. The van der Waals surface area contributed by atoms with Crippen molar-refractivity contribution in [3.8, 4) is 11.4 Å². The first-order chi connectivity index (χ1) is 7.77. The fraction of sp³-hybridized carbons (Fsp3) is 0.0714. The maximum atomic E-state index is 4.54. The minimum Gasteiger partial charge on any atom is -0.327 e. The predicted octanol–water partition coefficient (Wildman–Crippen LogP) is 3.37. The number of hydrogen-bond acceptors (Lipinski definition) is 1. The van der Waals surface area contributed by atoms with E-state index in [2.05, 4.69) is 18.1 Å². The Morgan fingerprint density at radius 3 is 2.31 bits per heavy atom. The molecule has 0 bridgehead atoms. The van der Waals surface area contributed by atoms with E-state index in [1.807, 2.05) is 41.9 Å². The molecule has 0 saturated carbocycles. The molecule has 0 aliphatic rings. The van der Waals surface area contributed by atoms with E-state index in [1.165, 1.54) is 0 Å². The zero-order valence-electron chi connectivity index (χ0n) is 9.35. The Morgan fingerprint density at radius 1 is 1.12 bits per heavy atom. The maximum Gasteiger partial charge on any atom is 0.140 e. The number of imidazole rings is 1. The molecule has 1 heterocycles. The second kappa shape index (κ2) is 4.19. The molecule has 0 atom stereocenters. The van der Waals surface area contributed by atoms with E-state index >= 15 is 0 Å². The molecule has 2 nitrogen and oxygen atoms in total. The van der Waals surface area contributed by atoms with Gasteiger partial charge < -0.3 is 4.57 Å². The highest BCUT2D eigenvalue weighted by molar-refractivity contribution is 5.66. The quantitative estimate of drug-likeness (QED) is 0.759. The zero-order chi connectivity index (χ0) is 11.5. The summed E-state index contributed by atoms with van der Waals surface area (Å²) in [6.07, 6.45) is 3.56. The number of nitrogens with zero attached hydrogens (tertiary/aromatic N) is 2. The van der Waals surface area contributed by atoms with E-state index in [-0.39, 0.29) is 0 Å². The van der Waals surface area contributed by atoms with Crippen molar-refractivity contribution >= 4 is 12.2 Å². The van der Waals surface area contributed by atoms with Gasteiger partial charge in [0.05, 0.1) is 11.4 Å². The number of benzene rings is 1. The fourth-order valence-electron chi connectivity index (χ4n) is 1.77. The van der Waals surface area contributed by atoms with Gasteiger partial charge in [-0.2, -0.15) is 0 Å². The van der Waals surface area contributed by atoms with Crippen LogP contribution in [0.3, 0.4) is 0 Å². The first kappa shape index (κ1) is 10.4. The van der Waals surface area contributed by atoms with Crippen LogP contribution < -0.4 is 0 Å². The lowest BCUT2D eigenvalue weighted by atomic mass is 10.2. The first-order valence-electron chi connectivity index (χ1n) is 5.15. The van der Waals surface area contributed by atoms with Crippen LogP contribution >= 0.6 is 0 Å². The number of aromatic nitrogens is 2. The van der Waals surface area contributed by atoms with E-state index in [0.717, 1.165) is 22.8 Å². The molecule has 80 valence electrons. The average molecular weight is 210 g/mol. The lowest BCUT2D eigenvalue weighted by Gasteiger charge is -2.02. The molecule has 2 aromatic rings. The van der Waals surface area contributed by atoms with E-state index in [4.69, 9.17) is 0 Å². The SMILES string of the molecule is C=Cc1nc(-c2ccccc2)n(C)c1C=C. The van der Waals surface area contributed by atoms with Crippen molar-refractivity contribution in [3.63, 3.8) is 0 Å². The van der Waals surface area contributed by atoms with Gasteiger partial charge in [-0.05, 0) is 12.2 Å². The summed E-state index contributed by atoms with van der Waals surface area (Å²) >= 11 is 0. The summed E-state index contributed by atoms with van der Waals surface area (Å²) in [6, 6.07) is 10.1. The molecule has 0 amide bonds. The highest BCUT2D eigenvalue weighted by Gasteiger charge is 2.10. The van der Waals surface area contributed by atoms with Crippen molar-refractivity contribution < 1.29 is 0 Å². The van der Waals surface area contributed by atoms with Crippen LogP contribution in [-0.4, -0.2) is 9.55 Å². The molecule has 1 aromatic carbocycles. The van der Waals surface area contributed by atoms with Crippen LogP contribution in [-0.2, 0) is 7.05 Å². The summed E-state index contributed by atoms with van der Waals surface area (Å²) in [5.41, 5.74) is 2.96. The van der Waals surface area contributed by atoms with Crippen LogP contribution in [0.25, 0.3) is 23.5 Å². The minimum absolute atomic E-state index is 0.872. The van der Waals surface area contributed by atoms with Crippen molar-refractivity contribution in [2.45, 2.75) is 0 Å². The molecule has 2 rings (SSSR count). The first-order valence-corrected chi connectivity index (χ1v) is 5.15. The van der Waals surface area contributed by atoms with Gasteiger partial charge in [-0.3, -0.25) is 0 Å². The molecule has 0 radical (unpaired) electrons. The maximum absolute atomic E-state index is 4.54. The van der Waals surface area contributed by atoms with Gasteiger partial charge in [0.1, 0.15) is 5.82 Å². The van der Waals surface area contributed by atoms with Gasteiger partial charge in [0, 0.05) is 12.6 Å².